The molecule has 4 heteroatoms. The third-order valence-corrected chi connectivity index (χ3v) is 1.80. The monoisotopic (exact) mass is 174 g/mol. The Morgan fingerprint density at radius 2 is 2.15 bits per heavy atom. The Bertz CT molecular complexity index is 368. The minimum absolute atomic E-state index is 0.682. The molecule has 1 aromatic carbocycles. The molecule has 1 heterocycles. The lowest BCUT2D eigenvalue weighted by Crippen LogP contribution is -2.25. The van der Waals surface area contributed by atoms with Crippen LogP contribution < -0.4 is 16.6 Å². The van der Waals surface area contributed by atoms with Crippen molar-refractivity contribution in [2.24, 2.45) is 10.8 Å². The first-order valence-electron chi connectivity index (χ1n) is 3.96. The topological polar surface area (TPSA) is 62.4 Å². The normalized spacial score (nSPS) is 13.8. The van der Waals surface area contributed by atoms with Gasteiger partial charge in [-0.15, -0.1) is 0 Å². The highest BCUT2D eigenvalue weighted by Crippen LogP contribution is 2.16. The van der Waals surface area contributed by atoms with Crippen LogP contribution in [0.1, 0.15) is 5.56 Å². The number of aliphatic imine (C=N–C) groups is 1. The molecule has 0 amide bonds. The highest BCUT2D eigenvalue weighted by Gasteiger charge is 2.03. The van der Waals surface area contributed by atoms with Crippen molar-refractivity contribution in [3.63, 3.8) is 0 Å². The number of benzene rings is 1. The molecule has 0 unspecified atom stereocenters. The molecule has 0 aromatic heterocycles. The van der Waals surface area contributed by atoms with Gasteiger partial charge in [-0.2, -0.15) is 0 Å². The lowest BCUT2D eigenvalue weighted by Gasteiger charge is -2.08. The minimum Gasteiger partial charge on any atom is -0.339 e. The summed E-state index contributed by atoms with van der Waals surface area (Å²) in [7, 11) is 0. The zero-order chi connectivity index (χ0) is 9.10. The van der Waals surface area contributed by atoms with Gasteiger partial charge in [-0.05, 0) is 6.07 Å². The number of nitrogens with two attached hydrogens (primary N) is 1. The Hall–Kier alpha value is -1.81. The molecule has 0 bridgehead atoms. The summed E-state index contributed by atoms with van der Waals surface area (Å²) in [6.45, 7) is 0. The standard InChI is InChI=1S/C9H10N4/c10-13-9-6-11-5-7-3-1-2-4-8(7)12-9/h1-6,12-13H,10H2. The molecule has 4 N–H and O–H groups in total. The third-order valence-electron chi connectivity index (χ3n) is 1.80. The van der Waals surface area contributed by atoms with Crippen LogP contribution in [0.5, 0.6) is 0 Å². The van der Waals surface area contributed by atoms with Crippen LogP contribution in [-0.2, 0) is 0 Å². The Balaban J connectivity index is 2.40. The van der Waals surface area contributed by atoms with E-state index < -0.39 is 0 Å². The van der Waals surface area contributed by atoms with Crippen LogP contribution in [-0.4, -0.2) is 6.21 Å². The van der Waals surface area contributed by atoms with Gasteiger partial charge in [0.25, 0.3) is 0 Å². The molecule has 0 radical (unpaired) electrons. The zero-order valence-corrected chi connectivity index (χ0v) is 6.99. The van der Waals surface area contributed by atoms with Gasteiger partial charge in [0.1, 0.15) is 5.82 Å². The van der Waals surface area contributed by atoms with Crippen molar-refractivity contribution >= 4 is 11.9 Å². The molecule has 1 aromatic rings. The first kappa shape index (κ1) is 7.82. The largest absolute Gasteiger partial charge is 0.339 e. The summed E-state index contributed by atoms with van der Waals surface area (Å²) in [5.74, 6) is 5.96. The van der Waals surface area contributed by atoms with Gasteiger partial charge in [-0.25, -0.2) is 5.84 Å². The third kappa shape index (κ3) is 1.52. The van der Waals surface area contributed by atoms with Gasteiger partial charge in [-0.1, -0.05) is 18.2 Å². The van der Waals surface area contributed by atoms with Crippen LogP contribution in [0.2, 0.25) is 0 Å². The molecular weight excluding hydrogens is 164 g/mol. The van der Waals surface area contributed by atoms with Gasteiger partial charge in [0.2, 0.25) is 0 Å². The quantitative estimate of drug-likeness (QED) is 0.436. The van der Waals surface area contributed by atoms with Gasteiger partial charge in [0, 0.05) is 17.5 Å². The van der Waals surface area contributed by atoms with Crippen molar-refractivity contribution < 1.29 is 0 Å². The van der Waals surface area contributed by atoms with Gasteiger partial charge < -0.3 is 10.7 Å². The van der Waals surface area contributed by atoms with E-state index in [1.165, 1.54) is 0 Å². The van der Waals surface area contributed by atoms with Crippen molar-refractivity contribution in [3.05, 3.63) is 41.8 Å². The fraction of sp³-hybridized carbons (Fsp3) is 0. The number of nitrogens with zero attached hydrogens (tertiary/aromatic N) is 1. The molecule has 1 aliphatic rings. The molecule has 0 saturated heterocycles. The van der Waals surface area contributed by atoms with Gasteiger partial charge >= 0.3 is 0 Å². The fourth-order valence-electron chi connectivity index (χ4n) is 1.17. The summed E-state index contributed by atoms with van der Waals surface area (Å²) in [6, 6.07) is 7.88. The maximum absolute atomic E-state index is 5.28. The first-order chi connectivity index (χ1) is 6.40. The average Bonchev–Trinajstić information content (AvgIpc) is 2.38. The van der Waals surface area contributed by atoms with Gasteiger partial charge in [-0.3, -0.25) is 4.99 Å². The van der Waals surface area contributed by atoms with E-state index >= 15 is 0 Å². The maximum atomic E-state index is 5.28. The van der Waals surface area contributed by atoms with Crippen molar-refractivity contribution in [2.45, 2.75) is 0 Å². The van der Waals surface area contributed by atoms with Crippen molar-refractivity contribution in [1.82, 2.24) is 5.43 Å². The second kappa shape index (κ2) is 3.28. The molecule has 0 aliphatic carbocycles. The predicted molar refractivity (Wildman–Crippen MR) is 53.1 cm³/mol. The average molecular weight is 174 g/mol. The lowest BCUT2D eigenvalue weighted by molar-refractivity contribution is 0.888. The number of fused-ring (bicyclic) bond motifs is 1. The molecule has 0 atom stereocenters. The minimum atomic E-state index is 0.682. The first-order valence-corrected chi connectivity index (χ1v) is 3.96. The molecular formula is C9H10N4. The second-order valence-electron chi connectivity index (χ2n) is 2.68. The number of anilines is 1. The molecule has 66 valence electrons. The summed E-state index contributed by atoms with van der Waals surface area (Å²) < 4.78 is 0. The van der Waals surface area contributed by atoms with E-state index in [0.29, 0.717) is 5.82 Å². The summed E-state index contributed by atoms with van der Waals surface area (Å²) in [4.78, 5) is 4.07. The Kier molecular flexibility index (Phi) is 1.97. The van der Waals surface area contributed by atoms with E-state index in [9.17, 15) is 0 Å². The van der Waals surface area contributed by atoms with Gasteiger partial charge in [0.15, 0.2) is 0 Å². The van der Waals surface area contributed by atoms with Crippen LogP contribution in [0.4, 0.5) is 5.69 Å². The van der Waals surface area contributed by atoms with Gasteiger partial charge in [0.05, 0.1) is 6.20 Å². The molecule has 0 saturated carbocycles. The summed E-state index contributed by atoms with van der Waals surface area (Å²) in [5.41, 5.74) is 4.56. The molecule has 1 aliphatic heterocycles. The van der Waals surface area contributed by atoms with Crippen LogP contribution in [0.3, 0.4) is 0 Å². The Labute approximate surface area is 76.1 Å². The maximum Gasteiger partial charge on any atom is 0.136 e. The van der Waals surface area contributed by atoms with E-state index in [4.69, 9.17) is 5.84 Å². The van der Waals surface area contributed by atoms with Crippen LogP contribution in [0.15, 0.2) is 41.3 Å². The molecule has 0 spiro atoms. The summed E-state index contributed by atoms with van der Waals surface area (Å²) >= 11 is 0. The Morgan fingerprint density at radius 3 is 3.00 bits per heavy atom. The molecule has 0 fully saturated rings. The van der Waals surface area contributed by atoms with E-state index in [1.807, 2.05) is 24.3 Å². The number of nitrogens with one attached hydrogen (secondary N) is 2. The molecule has 13 heavy (non-hydrogen) atoms. The van der Waals surface area contributed by atoms with E-state index in [-0.39, 0.29) is 0 Å². The number of hydrazine groups is 1. The highest BCUT2D eigenvalue weighted by atomic mass is 15.3. The molecule has 4 nitrogen and oxygen atoms in total. The van der Waals surface area contributed by atoms with E-state index in [1.54, 1.807) is 12.4 Å². The highest BCUT2D eigenvalue weighted by molar-refractivity contribution is 5.89. The second-order valence-corrected chi connectivity index (χ2v) is 2.68. The van der Waals surface area contributed by atoms with Crippen molar-refractivity contribution in [1.29, 1.82) is 0 Å². The van der Waals surface area contributed by atoms with Crippen molar-refractivity contribution in [2.75, 3.05) is 5.32 Å². The van der Waals surface area contributed by atoms with E-state index in [2.05, 4.69) is 15.7 Å². The van der Waals surface area contributed by atoms with Crippen molar-refractivity contribution in [3.8, 4) is 0 Å². The number of rotatable bonds is 1. The number of hydrogen-bond acceptors (Lipinski definition) is 4. The summed E-state index contributed by atoms with van der Waals surface area (Å²) in [5, 5.41) is 3.11. The van der Waals surface area contributed by atoms with Crippen LogP contribution in [0, 0.1) is 0 Å². The molecule has 2 rings (SSSR count). The SMILES string of the molecule is NNC1=CN=Cc2ccccc2N1. The Morgan fingerprint density at radius 1 is 1.31 bits per heavy atom. The smallest absolute Gasteiger partial charge is 0.136 e. The lowest BCUT2D eigenvalue weighted by atomic mass is 10.2. The van der Waals surface area contributed by atoms with Crippen LogP contribution >= 0.6 is 0 Å². The number of hydrogen-bond donors (Lipinski definition) is 3. The number of para-hydroxylation sites is 1. The fourth-order valence-corrected chi connectivity index (χ4v) is 1.17. The zero-order valence-electron chi connectivity index (χ0n) is 6.99. The van der Waals surface area contributed by atoms with Crippen LogP contribution in [0.25, 0.3) is 0 Å². The van der Waals surface area contributed by atoms with E-state index in [0.717, 1.165) is 11.3 Å². The predicted octanol–water partition coefficient (Wildman–Crippen LogP) is 0.793. The summed E-state index contributed by atoms with van der Waals surface area (Å²) in [6.07, 6.45) is 3.42.